The number of aliphatic imine (C=N–C) groups is 1. The smallest absolute Gasteiger partial charge is 0.227 e. The molecule has 6 nitrogen and oxygen atoms in total. The number of hydrogen-bond acceptors (Lipinski definition) is 6. The van der Waals surface area contributed by atoms with Gasteiger partial charge in [-0.05, 0) is 42.6 Å². The van der Waals surface area contributed by atoms with Gasteiger partial charge in [0.2, 0.25) is 5.95 Å². The fourth-order valence-corrected chi connectivity index (χ4v) is 3.30. The Kier molecular flexibility index (Phi) is 4.36. The van der Waals surface area contributed by atoms with E-state index in [1.807, 2.05) is 19.3 Å². The third kappa shape index (κ3) is 3.49. The molecule has 3 heterocycles. The standard InChI is InChI=1S/C19H24N6/c1-13-8-20-5-6-25(12-13)19-22-9-14(2)18(24-19)23-17-4-3-15-10-21-11-16(15)7-17/h3-4,7,9,11,13,20H,5-6,8,10,12H2,1-2H3,(H,22,23,24). The Hall–Kier alpha value is -2.47. The van der Waals surface area contributed by atoms with Crippen molar-refractivity contribution in [3.8, 4) is 0 Å². The number of aryl methyl sites for hydroxylation is 1. The molecule has 130 valence electrons. The maximum Gasteiger partial charge on any atom is 0.227 e. The minimum atomic E-state index is 0.583. The number of benzene rings is 1. The van der Waals surface area contributed by atoms with Gasteiger partial charge in [-0.1, -0.05) is 13.0 Å². The third-order valence-corrected chi connectivity index (χ3v) is 4.73. The molecule has 2 aromatic rings. The van der Waals surface area contributed by atoms with Crippen molar-refractivity contribution in [1.29, 1.82) is 0 Å². The van der Waals surface area contributed by atoms with Crippen LogP contribution in [-0.4, -0.2) is 42.4 Å². The van der Waals surface area contributed by atoms with E-state index in [0.717, 1.165) is 55.7 Å². The van der Waals surface area contributed by atoms with E-state index in [0.29, 0.717) is 5.92 Å². The van der Waals surface area contributed by atoms with Crippen LogP contribution in [0.2, 0.25) is 0 Å². The van der Waals surface area contributed by atoms with E-state index in [1.54, 1.807) is 0 Å². The number of anilines is 3. The van der Waals surface area contributed by atoms with Crippen LogP contribution in [0.1, 0.15) is 23.6 Å². The molecule has 1 saturated heterocycles. The molecule has 0 amide bonds. The van der Waals surface area contributed by atoms with E-state index in [9.17, 15) is 0 Å². The SMILES string of the molecule is Cc1cnc(N2CCNCC(C)C2)nc1Nc1ccc2c(c1)C=NC2. The largest absolute Gasteiger partial charge is 0.340 e. The van der Waals surface area contributed by atoms with E-state index in [4.69, 9.17) is 4.98 Å². The number of fused-ring (bicyclic) bond motifs is 1. The van der Waals surface area contributed by atoms with Crippen molar-refractivity contribution in [2.45, 2.75) is 20.4 Å². The summed E-state index contributed by atoms with van der Waals surface area (Å²) in [6.45, 7) is 9.00. The zero-order valence-corrected chi connectivity index (χ0v) is 14.8. The molecule has 0 spiro atoms. The first-order valence-corrected chi connectivity index (χ1v) is 8.88. The molecule has 6 heteroatoms. The van der Waals surface area contributed by atoms with Crippen molar-refractivity contribution in [2.24, 2.45) is 10.9 Å². The van der Waals surface area contributed by atoms with Gasteiger partial charge in [0, 0.05) is 43.3 Å². The van der Waals surface area contributed by atoms with E-state index in [2.05, 4.69) is 50.6 Å². The molecule has 2 aliphatic heterocycles. The summed E-state index contributed by atoms with van der Waals surface area (Å²) in [5.74, 6) is 2.25. The lowest BCUT2D eigenvalue weighted by Gasteiger charge is -2.23. The summed E-state index contributed by atoms with van der Waals surface area (Å²) in [7, 11) is 0. The fourth-order valence-electron chi connectivity index (χ4n) is 3.30. The van der Waals surface area contributed by atoms with Crippen LogP contribution in [0.15, 0.2) is 29.4 Å². The van der Waals surface area contributed by atoms with Gasteiger partial charge in [0.05, 0.1) is 6.54 Å². The summed E-state index contributed by atoms with van der Waals surface area (Å²) >= 11 is 0. The normalized spacial score (nSPS) is 19.6. The quantitative estimate of drug-likeness (QED) is 0.901. The lowest BCUT2D eigenvalue weighted by atomic mass is 10.1. The summed E-state index contributed by atoms with van der Waals surface area (Å²) in [5.41, 5.74) is 4.53. The lowest BCUT2D eigenvalue weighted by molar-refractivity contribution is 0.561. The highest BCUT2D eigenvalue weighted by Crippen LogP contribution is 2.24. The van der Waals surface area contributed by atoms with Crippen molar-refractivity contribution >= 4 is 23.7 Å². The van der Waals surface area contributed by atoms with Gasteiger partial charge >= 0.3 is 0 Å². The predicted octanol–water partition coefficient (Wildman–Crippen LogP) is 2.51. The van der Waals surface area contributed by atoms with Gasteiger partial charge in [-0.15, -0.1) is 0 Å². The Balaban J connectivity index is 1.58. The molecule has 0 saturated carbocycles. The van der Waals surface area contributed by atoms with Crippen molar-refractivity contribution in [3.63, 3.8) is 0 Å². The first-order chi connectivity index (χ1) is 12.2. The van der Waals surface area contributed by atoms with Gasteiger partial charge in [-0.2, -0.15) is 4.98 Å². The first-order valence-electron chi connectivity index (χ1n) is 8.88. The molecule has 1 unspecified atom stereocenters. The van der Waals surface area contributed by atoms with Gasteiger partial charge < -0.3 is 15.5 Å². The Morgan fingerprint density at radius 1 is 1.32 bits per heavy atom. The van der Waals surface area contributed by atoms with Crippen molar-refractivity contribution in [2.75, 3.05) is 36.4 Å². The second-order valence-corrected chi connectivity index (χ2v) is 6.97. The Labute approximate surface area is 148 Å². The van der Waals surface area contributed by atoms with Crippen LogP contribution in [0.3, 0.4) is 0 Å². The zero-order chi connectivity index (χ0) is 17.2. The van der Waals surface area contributed by atoms with Crippen molar-refractivity contribution in [3.05, 3.63) is 41.1 Å². The predicted molar refractivity (Wildman–Crippen MR) is 102 cm³/mol. The maximum atomic E-state index is 4.80. The molecule has 0 aliphatic carbocycles. The Morgan fingerprint density at radius 3 is 3.16 bits per heavy atom. The van der Waals surface area contributed by atoms with E-state index < -0.39 is 0 Å². The monoisotopic (exact) mass is 336 g/mol. The summed E-state index contributed by atoms with van der Waals surface area (Å²) < 4.78 is 0. The molecular weight excluding hydrogens is 312 g/mol. The maximum absolute atomic E-state index is 4.80. The fraction of sp³-hybridized carbons (Fsp3) is 0.421. The molecule has 4 rings (SSSR count). The minimum Gasteiger partial charge on any atom is -0.340 e. The number of nitrogens with one attached hydrogen (secondary N) is 2. The van der Waals surface area contributed by atoms with Gasteiger partial charge in [0.15, 0.2) is 0 Å². The van der Waals surface area contributed by atoms with Gasteiger partial charge in [0.25, 0.3) is 0 Å². The van der Waals surface area contributed by atoms with Crippen LogP contribution in [0.25, 0.3) is 0 Å². The molecule has 2 aliphatic rings. The molecule has 1 fully saturated rings. The van der Waals surface area contributed by atoms with Crippen LogP contribution in [0, 0.1) is 12.8 Å². The van der Waals surface area contributed by atoms with Crippen LogP contribution in [0.5, 0.6) is 0 Å². The number of nitrogens with zero attached hydrogens (tertiary/aromatic N) is 4. The topological polar surface area (TPSA) is 65.4 Å². The minimum absolute atomic E-state index is 0.583. The highest BCUT2D eigenvalue weighted by molar-refractivity contribution is 5.86. The summed E-state index contributed by atoms with van der Waals surface area (Å²) in [6.07, 6.45) is 3.84. The first kappa shape index (κ1) is 16.0. The molecule has 0 bridgehead atoms. The van der Waals surface area contributed by atoms with Gasteiger partial charge in [-0.25, -0.2) is 4.98 Å². The molecule has 1 aromatic heterocycles. The Morgan fingerprint density at radius 2 is 2.24 bits per heavy atom. The Bertz CT molecular complexity index is 800. The lowest BCUT2D eigenvalue weighted by Crippen LogP contribution is -2.31. The molecule has 1 atom stereocenters. The van der Waals surface area contributed by atoms with Gasteiger partial charge in [0.1, 0.15) is 5.82 Å². The highest BCUT2D eigenvalue weighted by Gasteiger charge is 2.18. The van der Waals surface area contributed by atoms with Crippen molar-refractivity contribution < 1.29 is 0 Å². The molecule has 2 N–H and O–H groups in total. The second-order valence-electron chi connectivity index (χ2n) is 6.97. The van der Waals surface area contributed by atoms with Gasteiger partial charge in [-0.3, -0.25) is 4.99 Å². The zero-order valence-electron chi connectivity index (χ0n) is 14.8. The van der Waals surface area contributed by atoms with E-state index in [1.165, 1.54) is 11.1 Å². The molecule has 25 heavy (non-hydrogen) atoms. The third-order valence-electron chi connectivity index (χ3n) is 4.73. The molecule has 0 radical (unpaired) electrons. The number of rotatable bonds is 3. The average molecular weight is 336 g/mol. The number of aromatic nitrogens is 2. The van der Waals surface area contributed by atoms with Crippen LogP contribution < -0.4 is 15.5 Å². The average Bonchev–Trinajstić information content (AvgIpc) is 2.96. The molecular formula is C19H24N6. The van der Waals surface area contributed by atoms with E-state index >= 15 is 0 Å². The van der Waals surface area contributed by atoms with Crippen molar-refractivity contribution in [1.82, 2.24) is 15.3 Å². The van der Waals surface area contributed by atoms with E-state index in [-0.39, 0.29) is 0 Å². The van der Waals surface area contributed by atoms with Crippen LogP contribution in [-0.2, 0) is 6.54 Å². The molecule has 1 aromatic carbocycles. The number of hydrogen-bond donors (Lipinski definition) is 2. The van der Waals surface area contributed by atoms with Crippen LogP contribution in [0.4, 0.5) is 17.5 Å². The summed E-state index contributed by atoms with van der Waals surface area (Å²) in [5, 5.41) is 6.91. The highest BCUT2D eigenvalue weighted by atomic mass is 15.3. The summed E-state index contributed by atoms with van der Waals surface area (Å²) in [6, 6.07) is 6.35. The second kappa shape index (κ2) is 6.80. The summed E-state index contributed by atoms with van der Waals surface area (Å²) in [4.78, 5) is 16.0. The van der Waals surface area contributed by atoms with Crippen LogP contribution >= 0.6 is 0 Å².